The fourth-order valence-electron chi connectivity index (χ4n) is 1.24. The number of rotatable bonds is 5. The first-order chi connectivity index (χ1) is 7.99. The van der Waals surface area contributed by atoms with Crippen LogP contribution in [0.3, 0.4) is 0 Å². The molecule has 5 heteroatoms. The molecule has 1 amide bonds. The second kappa shape index (κ2) is 6.49. The highest BCUT2D eigenvalue weighted by molar-refractivity contribution is 9.11. The molecule has 0 aromatic heterocycles. The van der Waals surface area contributed by atoms with E-state index in [1.165, 1.54) is 6.07 Å². The average molecular weight is 304 g/mol. The summed E-state index contributed by atoms with van der Waals surface area (Å²) < 4.78 is 26.2. The van der Waals surface area contributed by atoms with Crippen LogP contribution in [0.1, 0.15) is 12.0 Å². The van der Waals surface area contributed by atoms with E-state index in [9.17, 15) is 13.6 Å². The summed E-state index contributed by atoms with van der Waals surface area (Å²) >= 11 is 3.12. The van der Waals surface area contributed by atoms with Gasteiger partial charge in [0, 0.05) is 17.4 Å². The maximum atomic E-state index is 12.9. The molecule has 92 valence electrons. The second-order valence-corrected chi connectivity index (χ2v) is 4.66. The van der Waals surface area contributed by atoms with E-state index in [-0.39, 0.29) is 12.3 Å². The Balaban J connectivity index is 2.42. The van der Waals surface area contributed by atoms with Gasteiger partial charge in [0.1, 0.15) is 0 Å². The Morgan fingerprint density at radius 2 is 2.06 bits per heavy atom. The zero-order valence-corrected chi connectivity index (χ0v) is 10.7. The van der Waals surface area contributed by atoms with E-state index in [2.05, 4.69) is 27.8 Å². The molecule has 0 bridgehead atoms. The smallest absolute Gasteiger partial charge is 0.220 e. The monoisotopic (exact) mass is 303 g/mol. The standard InChI is InChI=1S/C12H12BrF2NO/c1-8(13)7-16-12(17)5-3-9-2-4-10(14)11(15)6-9/h2,4,6H,1,3,5,7H2,(H,16,17). The lowest BCUT2D eigenvalue weighted by Gasteiger charge is -2.04. The maximum absolute atomic E-state index is 12.9. The second-order valence-electron chi connectivity index (χ2n) is 3.54. The molecule has 0 spiro atoms. The van der Waals surface area contributed by atoms with Crippen LogP contribution in [0.15, 0.2) is 29.3 Å². The number of hydrogen-bond acceptors (Lipinski definition) is 1. The molecule has 1 rings (SSSR count). The van der Waals surface area contributed by atoms with Crippen LogP contribution in [0.4, 0.5) is 8.78 Å². The van der Waals surface area contributed by atoms with Gasteiger partial charge >= 0.3 is 0 Å². The number of carbonyl (C=O) groups excluding carboxylic acids is 1. The van der Waals surface area contributed by atoms with E-state index < -0.39 is 11.6 Å². The van der Waals surface area contributed by atoms with E-state index in [4.69, 9.17) is 0 Å². The molecule has 17 heavy (non-hydrogen) atoms. The van der Waals surface area contributed by atoms with Crippen LogP contribution < -0.4 is 5.32 Å². The molecule has 1 aromatic rings. The normalized spacial score (nSPS) is 10.1. The Morgan fingerprint density at radius 1 is 1.35 bits per heavy atom. The summed E-state index contributed by atoms with van der Waals surface area (Å²) in [6.07, 6.45) is 0.600. The van der Waals surface area contributed by atoms with Gasteiger partial charge in [0.15, 0.2) is 11.6 Å². The predicted molar refractivity (Wildman–Crippen MR) is 65.8 cm³/mol. The molecule has 2 nitrogen and oxygen atoms in total. The Kier molecular flexibility index (Phi) is 5.28. The largest absolute Gasteiger partial charge is 0.352 e. The molecule has 0 radical (unpaired) electrons. The van der Waals surface area contributed by atoms with Gasteiger partial charge in [0.2, 0.25) is 5.91 Å². The summed E-state index contributed by atoms with van der Waals surface area (Å²) in [6, 6.07) is 3.63. The Morgan fingerprint density at radius 3 is 2.65 bits per heavy atom. The minimum absolute atomic E-state index is 0.157. The molecule has 0 aliphatic carbocycles. The lowest BCUT2D eigenvalue weighted by Crippen LogP contribution is -2.24. The number of amides is 1. The lowest BCUT2D eigenvalue weighted by atomic mass is 10.1. The van der Waals surface area contributed by atoms with Crippen molar-refractivity contribution in [2.45, 2.75) is 12.8 Å². The van der Waals surface area contributed by atoms with Crippen LogP contribution in [0.25, 0.3) is 0 Å². The lowest BCUT2D eigenvalue weighted by molar-refractivity contribution is -0.120. The Labute approximate surface area is 107 Å². The summed E-state index contributed by atoms with van der Waals surface area (Å²) in [4.78, 5) is 11.3. The van der Waals surface area contributed by atoms with Crippen molar-refractivity contribution in [2.75, 3.05) is 6.54 Å². The molecule has 0 atom stereocenters. The SMILES string of the molecule is C=C(Br)CNC(=O)CCc1ccc(F)c(F)c1. The van der Waals surface area contributed by atoms with Crippen LogP contribution in [0.2, 0.25) is 0 Å². The molecule has 0 unspecified atom stereocenters. The van der Waals surface area contributed by atoms with Gasteiger partial charge in [-0.05, 0) is 24.1 Å². The fraction of sp³-hybridized carbons (Fsp3) is 0.250. The van der Waals surface area contributed by atoms with Gasteiger partial charge in [-0.1, -0.05) is 28.6 Å². The number of hydrogen-bond donors (Lipinski definition) is 1. The molecule has 0 heterocycles. The average Bonchev–Trinajstić information content (AvgIpc) is 2.28. The minimum atomic E-state index is -0.892. The van der Waals surface area contributed by atoms with Crippen molar-refractivity contribution in [3.05, 3.63) is 46.5 Å². The molecular formula is C12H12BrF2NO. The van der Waals surface area contributed by atoms with Crippen LogP contribution in [-0.4, -0.2) is 12.5 Å². The number of carbonyl (C=O) groups is 1. The summed E-state index contributed by atoms with van der Waals surface area (Å²) in [5.41, 5.74) is 0.594. The minimum Gasteiger partial charge on any atom is -0.352 e. The summed E-state index contributed by atoms with van der Waals surface area (Å²) in [6.45, 7) is 3.94. The van der Waals surface area contributed by atoms with Gasteiger partial charge in [0.05, 0.1) is 0 Å². The van der Waals surface area contributed by atoms with Crippen LogP contribution in [0, 0.1) is 11.6 Å². The molecule has 0 saturated heterocycles. The number of halogens is 3. The molecule has 0 aliphatic heterocycles. The number of nitrogens with one attached hydrogen (secondary N) is 1. The highest BCUT2D eigenvalue weighted by Gasteiger charge is 2.05. The van der Waals surface area contributed by atoms with Crippen LogP contribution in [-0.2, 0) is 11.2 Å². The van der Waals surface area contributed by atoms with Crippen LogP contribution >= 0.6 is 15.9 Å². The molecular weight excluding hydrogens is 292 g/mol. The maximum Gasteiger partial charge on any atom is 0.220 e. The van der Waals surface area contributed by atoms with E-state index in [0.717, 1.165) is 12.1 Å². The zero-order valence-electron chi connectivity index (χ0n) is 9.10. The van der Waals surface area contributed by atoms with Gasteiger partial charge in [0.25, 0.3) is 0 Å². The van der Waals surface area contributed by atoms with E-state index in [1.807, 2.05) is 0 Å². The molecule has 0 saturated carbocycles. The fourth-order valence-corrected chi connectivity index (χ4v) is 1.38. The number of benzene rings is 1. The third-order valence-corrected chi connectivity index (χ3v) is 2.38. The van der Waals surface area contributed by atoms with Crippen molar-refractivity contribution < 1.29 is 13.6 Å². The van der Waals surface area contributed by atoms with Crippen molar-refractivity contribution >= 4 is 21.8 Å². The Bertz CT molecular complexity index is 435. The van der Waals surface area contributed by atoms with Gasteiger partial charge in [-0.15, -0.1) is 0 Å². The third-order valence-electron chi connectivity index (χ3n) is 2.10. The van der Waals surface area contributed by atoms with Crippen molar-refractivity contribution in [2.24, 2.45) is 0 Å². The van der Waals surface area contributed by atoms with Gasteiger partial charge < -0.3 is 5.32 Å². The first kappa shape index (κ1) is 13.8. The summed E-state index contributed by atoms with van der Waals surface area (Å²) in [5, 5.41) is 2.63. The van der Waals surface area contributed by atoms with E-state index >= 15 is 0 Å². The molecule has 1 N–H and O–H groups in total. The third kappa shape index (κ3) is 5.08. The zero-order chi connectivity index (χ0) is 12.8. The van der Waals surface area contributed by atoms with Crippen molar-refractivity contribution in [1.82, 2.24) is 5.32 Å². The van der Waals surface area contributed by atoms with Crippen LogP contribution in [0.5, 0.6) is 0 Å². The molecule has 0 fully saturated rings. The van der Waals surface area contributed by atoms with E-state index in [0.29, 0.717) is 23.0 Å². The van der Waals surface area contributed by atoms with Crippen molar-refractivity contribution in [3.8, 4) is 0 Å². The summed E-state index contributed by atoms with van der Waals surface area (Å²) in [7, 11) is 0. The molecule has 1 aromatic carbocycles. The highest BCUT2D eigenvalue weighted by Crippen LogP contribution is 2.10. The Hall–Kier alpha value is -1.23. The highest BCUT2D eigenvalue weighted by atomic mass is 79.9. The first-order valence-corrected chi connectivity index (χ1v) is 5.82. The molecule has 0 aliphatic rings. The van der Waals surface area contributed by atoms with Crippen molar-refractivity contribution in [1.29, 1.82) is 0 Å². The summed E-state index contributed by atoms with van der Waals surface area (Å²) in [5.74, 6) is -1.93. The number of aryl methyl sites for hydroxylation is 1. The van der Waals surface area contributed by atoms with Crippen molar-refractivity contribution in [3.63, 3.8) is 0 Å². The quantitative estimate of drug-likeness (QED) is 0.890. The topological polar surface area (TPSA) is 29.1 Å². The van der Waals surface area contributed by atoms with Gasteiger partial charge in [-0.2, -0.15) is 0 Å². The van der Waals surface area contributed by atoms with Gasteiger partial charge in [-0.3, -0.25) is 4.79 Å². The van der Waals surface area contributed by atoms with E-state index in [1.54, 1.807) is 0 Å². The van der Waals surface area contributed by atoms with Gasteiger partial charge in [-0.25, -0.2) is 8.78 Å². The first-order valence-electron chi connectivity index (χ1n) is 5.03. The predicted octanol–water partition coefficient (Wildman–Crippen LogP) is 2.92.